The molecule has 0 fully saturated rings. The molecule has 0 unspecified atom stereocenters. The molecule has 0 aromatic rings. The molecule has 2 heteroatoms. The minimum Gasteiger partial charge on any atom is -0.271 e. The summed E-state index contributed by atoms with van der Waals surface area (Å²) in [5.74, 6) is 5.04. The van der Waals surface area contributed by atoms with Crippen molar-refractivity contribution >= 4 is 0 Å². The molecule has 0 aliphatic carbocycles. The number of unbranched alkanes of at least 4 members (excludes halogenated alkanes) is 1. The summed E-state index contributed by atoms with van der Waals surface area (Å²) in [5, 5.41) is 0. The molecule has 0 bridgehead atoms. The summed E-state index contributed by atoms with van der Waals surface area (Å²) in [5.41, 5.74) is 2.59. The topological polar surface area (TPSA) is 38.0 Å². The van der Waals surface area contributed by atoms with Gasteiger partial charge in [-0.05, 0) is 19.8 Å². The molecule has 0 saturated heterocycles. The second kappa shape index (κ2) is 6.66. The first-order chi connectivity index (χ1) is 3.91. The van der Waals surface area contributed by atoms with E-state index < -0.39 is 0 Å². The van der Waals surface area contributed by atoms with Gasteiger partial charge in [-0.1, -0.05) is 12.2 Å². The minimum atomic E-state index is 0.907. The molecule has 8 heavy (non-hydrogen) atoms. The van der Waals surface area contributed by atoms with Gasteiger partial charge < -0.3 is 0 Å². The van der Waals surface area contributed by atoms with Crippen molar-refractivity contribution in [1.29, 1.82) is 0 Å². The fraction of sp³-hybridized carbons (Fsp3) is 0.667. The zero-order valence-corrected chi connectivity index (χ0v) is 5.35. The molecule has 3 N–H and O–H groups in total. The Labute approximate surface area is 50.7 Å². The Morgan fingerprint density at radius 1 is 1.62 bits per heavy atom. The van der Waals surface area contributed by atoms with E-state index in [9.17, 15) is 0 Å². The van der Waals surface area contributed by atoms with Gasteiger partial charge in [0.1, 0.15) is 0 Å². The lowest BCUT2D eigenvalue weighted by molar-refractivity contribution is 0.687. The van der Waals surface area contributed by atoms with E-state index in [0.717, 1.165) is 19.4 Å². The highest BCUT2D eigenvalue weighted by Gasteiger charge is 1.77. The third kappa shape index (κ3) is 5.66. The third-order valence-corrected chi connectivity index (χ3v) is 0.928. The lowest BCUT2D eigenvalue weighted by Gasteiger charge is -1.91. The molecule has 0 saturated carbocycles. The summed E-state index contributed by atoms with van der Waals surface area (Å²) in [6.07, 6.45) is 6.44. The van der Waals surface area contributed by atoms with Gasteiger partial charge in [0, 0.05) is 6.54 Å². The van der Waals surface area contributed by atoms with Gasteiger partial charge in [-0.2, -0.15) is 0 Å². The maximum absolute atomic E-state index is 5.04. The van der Waals surface area contributed by atoms with Crippen molar-refractivity contribution < 1.29 is 0 Å². The molecular formula is C6H14N2. The minimum absolute atomic E-state index is 0.907. The maximum atomic E-state index is 5.04. The van der Waals surface area contributed by atoms with Gasteiger partial charge >= 0.3 is 0 Å². The Morgan fingerprint density at radius 2 is 2.38 bits per heavy atom. The molecule has 48 valence electrons. The first-order valence-corrected chi connectivity index (χ1v) is 2.96. The van der Waals surface area contributed by atoms with Crippen LogP contribution >= 0.6 is 0 Å². The predicted molar refractivity (Wildman–Crippen MR) is 36.2 cm³/mol. The Balaban J connectivity index is 2.72. The molecule has 0 amide bonds. The second-order valence-electron chi connectivity index (χ2n) is 1.67. The quantitative estimate of drug-likeness (QED) is 0.245. The summed E-state index contributed by atoms with van der Waals surface area (Å²) in [4.78, 5) is 0. The number of hydrazine groups is 1. The van der Waals surface area contributed by atoms with Crippen LogP contribution in [0.3, 0.4) is 0 Å². The van der Waals surface area contributed by atoms with Crippen LogP contribution in [0.15, 0.2) is 12.2 Å². The highest BCUT2D eigenvalue weighted by Crippen LogP contribution is 1.86. The van der Waals surface area contributed by atoms with Crippen molar-refractivity contribution in [2.75, 3.05) is 6.54 Å². The van der Waals surface area contributed by atoms with Crippen LogP contribution in [0.2, 0.25) is 0 Å². The van der Waals surface area contributed by atoms with Gasteiger partial charge in [-0.25, -0.2) is 0 Å². The highest BCUT2D eigenvalue weighted by atomic mass is 15.2. The molecule has 0 aliphatic heterocycles. The first kappa shape index (κ1) is 7.66. The van der Waals surface area contributed by atoms with Crippen LogP contribution in [0.1, 0.15) is 19.8 Å². The molecular weight excluding hydrogens is 100 g/mol. The number of rotatable bonds is 4. The average molecular weight is 114 g/mol. The second-order valence-corrected chi connectivity index (χ2v) is 1.67. The van der Waals surface area contributed by atoms with Crippen molar-refractivity contribution in [2.24, 2.45) is 5.84 Å². The molecule has 0 rings (SSSR count). The number of nitrogens with one attached hydrogen (secondary N) is 1. The van der Waals surface area contributed by atoms with E-state index in [-0.39, 0.29) is 0 Å². The molecule has 0 aliphatic rings. The van der Waals surface area contributed by atoms with E-state index in [1.807, 2.05) is 6.92 Å². The molecule has 2 nitrogen and oxygen atoms in total. The van der Waals surface area contributed by atoms with E-state index >= 15 is 0 Å². The zero-order valence-electron chi connectivity index (χ0n) is 5.35. The predicted octanol–water partition coefficient (Wildman–Crippen LogP) is 0.806. The van der Waals surface area contributed by atoms with Gasteiger partial charge in [0.05, 0.1) is 0 Å². The van der Waals surface area contributed by atoms with E-state index in [0.29, 0.717) is 0 Å². The third-order valence-electron chi connectivity index (χ3n) is 0.928. The van der Waals surface area contributed by atoms with Crippen molar-refractivity contribution in [1.82, 2.24) is 5.43 Å². The molecule has 0 atom stereocenters. The molecule has 0 aromatic carbocycles. The lowest BCUT2D eigenvalue weighted by Crippen LogP contribution is -2.22. The SMILES string of the molecule is C/C=C\CCCNN. The summed E-state index contributed by atoms with van der Waals surface area (Å²) < 4.78 is 0. The Hall–Kier alpha value is -0.340. The van der Waals surface area contributed by atoms with E-state index in [2.05, 4.69) is 17.6 Å². The van der Waals surface area contributed by atoms with E-state index in [4.69, 9.17) is 5.84 Å². The van der Waals surface area contributed by atoms with Crippen molar-refractivity contribution in [2.45, 2.75) is 19.8 Å². The van der Waals surface area contributed by atoms with Crippen LogP contribution in [0.4, 0.5) is 0 Å². The van der Waals surface area contributed by atoms with Crippen LogP contribution in [0.5, 0.6) is 0 Å². The fourth-order valence-electron chi connectivity index (χ4n) is 0.489. The number of hydrogen-bond donors (Lipinski definition) is 2. The smallest absolute Gasteiger partial charge is 0.0100 e. The maximum Gasteiger partial charge on any atom is 0.0100 e. The van der Waals surface area contributed by atoms with Crippen LogP contribution < -0.4 is 11.3 Å². The summed E-state index contributed by atoms with van der Waals surface area (Å²) in [6.45, 7) is 2.93. The first-order valence-electron chi connectivity index (χ1n) is 2.96. The van der Waals surface area contributed by atoms with Crippen molar-refractivity contribution in [3.05, 3.63) is 12.2 Å². The van der Waals surface area contributed by atoms with Crippen LogP contribution in [-0.4, -0.2) is 6.54 Å². The Kier molecular flexibility index (Phi) is 6.38. The van der Waals surface area contributed by atoms with Crippen LogP contribution in [0.25, 0.3) is 0 Å². The number of nitrogens with two attached hydrogens (primary N) is 1. The fourth-order valence-corrected chi connectivity index (χ4v) is 0.489. The largest absolute Gasteiger partial charge is 0.271 e. The number of allylic oxidation sites excluding steroid dienone is 2. The summed E-state index contributed by atoms with van der Waals surface area (Å²) in [6, 6.07) is 0. The van der Waals surface area contributed by atoms with Gasteiger partial charge in [0.2, 0.25) is 0 Å². The van der Waals surface area contributed by atoms with Gasteiger partial charge in [0.15, 0.2) is 0 Å². The average Bonchev–Trinajstić information content (AvgIpc) is 1.81. The van der Waals surface area contributed by atoms with Gasteiger partial charge in [-0.15, -0.1) is 0 Å². The monoisotopic (exact) mass is 114 g/mol. The Bertz CT molecular complexity index is 59.5. The molecule has 0 radical (unpaired) electrons. The normalized spacial score (nSPS) is 10.8. The zero-order chi connectivity index (χ0) is 6.24. The molecule has 0 aromatic heterocycles. The summed E-state index contributed by atoms with van der Waals surface area (Å²) in [7, 11) is 0. The number of hydrogen-bond acceptors (Lipinski definition) is 2. The van der Waals surface area contributed by atoms with Gasteiger partial charge in [0.25, 0.3) is 0 Å². The molecule has 0 heterocycles. The lowest BCUT2D eigenvalue weighted by atomic mass is 10.3. The van der Waals surface area contributed by atoms with Gasteiger partial charge in [-0.3, -0.25) is 11.3 Å². The summed E-state index contributed by atoms with van der Waals surface area (Å²) >= 11 is 0. The van der Waals surface area contributed by atoms with E-state index in [1.165, 1.54) is 0 Å². The van der Waals surface area contributed by atoms with Crippen LogP contribution in [-0.2, 0) is 0 Å². The van der Waals surface area contributed by atoms with Crippen molar-refractivity contribution in [3.8, 4) is 0 Å². The highest BCUT2D eigenvalue weighted by molar-refractivity contribution is 4.76. The standard InChI is InChI=1S/C6H14N2/c1-2-3-4-5-6-8-7/h2-3,8H,4-7H2,1H3/b3-2-. The Morgan fingerprint density at radius 3 is 2.88 bits per heavy atom. The van der Waals surface area contributed by atoms with E-state index in [1.54, 1.807) is 0 Å². The van der Waals surface area contributed by atoms with Crippen LogP contribution in [0, 0.1) is 0 Å². The van der Waals surface area contributed by atoms with Crippen molar-refractivity contribution in [3.63, 3.8) is 0 Å². The molecule has 0 spiro atoms.